The molecule has 1 aromatic carbocycles. The molecular weight excluding hydrogens is 306 g/mol. The molecule has 1 aromatic rings. The lowest BCUT2D eigenvalue weighted by Crippen LogP contribution is -2.41. The zero-order valence-corrected chi connectivity index (χ0v) is 13.6. The van der Waals surface area contributed by atoms with Crippen molar-refractivity contribution in [3.63, 3.8) is 0 Å². The van der Waals surface area contributed by atoms with Crippen molar-refractivity contribution < 1.29 is 22.7 Å². The molecule has 1 saturated heterocycles. The Bertz CT molecular complexity index is 611. The minimum absolute atomic E-state index is 0.0287. The molecule has 1 aliphatic rings. The fraction of sp³-hybridized carbons (Fsp3) is 0.533. The molecule has 0 aromatic heterocycles. The van der Waals surface area contributed by atoms with Crippen LogP contribution < -0.4 is 9.64 Å². The number of sulfone groups is 1. The van der Waals surface area contributed by atoms with Gasteiger partial charge in [0.2, 0.25) is 0 Å². The molecule has 1 aliphatic heterocycles. The molecule has 6 nitrogen and oxygen atoms in total. The van der Waals surface area contributed by atoms with Crippen LogP contribution in [0.3, 0.4) is 0 Å². The van der Waals surface area contributed by atoms with Crippen LogP contribution >= 0.6 is 0 Å². The van der Waals surface area contributed by atoms with Crippen molar-refractivity contribution in [3.05, 3.63) is 24.3 Å². The molecule has 1 atom stereocenters. The van der Waals surface area contributed by atoms with Crippen LogP contribution in [0.5, 0.6) is 5.75 Å². The molecule has 122 valence electrons. The lowest BCUT2D eigenvalue weighted by Gasteiger charge is -2.27. The number of nitrogens with zero attached hydrogens (tertiary/aromatic N) is 1. The van der Waals surface area contributed by atoms with Crippen LogP contribution in [0.15, 0.2) is 24.3 Å². The van der Waals surface area contributed by atoms with Crippen molar-refractivity contribution in [2.24, 2.45) is 0 Å². The van der Waals surface area contributed by atoms with Crippen molar-refractivity contribution in [1.82, 2.24) is 0 Å². The first kappa shape index (κ1) is 16.6. The summed E-state index contributed by atoms with van der Waals surface area (Å²) in [6, 6.07) is 6.62. The molecule has 0 N–H and O–H groups in total. The molecule has 0 radical (unpaired) electrons. The number of carbonyl (C=O) groups is 1. The zero-order chi connectivity index (χ0) is 16.2. The summed E-state index contributed by atoms with van der Waals surface area (Å²) < 4.78 is 33.8. The normalized spacial score (nSPS) is 19.6. The standard InChI is InChI=1S/C15H21NO5S/c1-3-20-14-7-5-12(6-8-14)16(15(17)21-4-2)13-9-10-22(18,19)11-13/h5-8,13H,3-4,9-11H2,1-2H3. The summed E-state index contributed by atoms with van der Waals surface area (Å²) in [7, 11) is -3.09. The van der Waals surface area contributed by atoms with Gasteiger partial charge < -0.3 is 9.47 Å². The van der Waals surface area contributed by atoms with E-state index in [4.69, 9.17) is 9.47 Å². The summed E-state index contributed by atoms with van der Waals surface area (Å²) >= 11 is 0. The maximum atomic E-state index is 12.2. The molecule has 0 spiro atoms. The smallest absolute Gasteiger partial charge is 0.414 e. The van der Waals surface area contributed by atoms with Gasteiger partial charge in [0.05, 0.1) is 30.8 Å². The van der Waals surface area contributed by atoms with E-state index in [1.807, 2.05) is 6.92 Å². The van der Waals surface area contributed by atoms with Gasteiger partial charge in [0.15, 0.2) is 9.84 Å². The summed E-state index contributed by atoms with van der Waals surface area (Å²) in [6.07, 6.45) is -0.0947. The van der Waals surface area contributed by atoms with E-state index in [1.165, 1.54) is 4.90 Å². The Hall–Kier alpha value is -1.76. The van der Waals surface area contributed by atoms with Crippen molar-refractivity contribution in [2.45, 2.75) is 26.3 Å². The highest BCUT2D eigenvalue weighted by molar-refractivity contribution is 7.91. The van der Waals surface area contributed by atoms with E-state index in [1.54, 1.807) is 31.2 Å². The van der Waals surface area contributed by atoms with Gasteiger partial charge in [-0.05, 0) is 44.5 Å². The van der Waals surface area contributed by atoms with Crippen LogP contribution in [0.25, 0.3) is 0 Å². The lowest BCUT2D eigenvalue weighted by molar-refractivity contribution is 0.157. The predicted octanol–water partition coefficient (Wildman–Crippen LogP) is 2.24. The van der Waals surface area contributed by atoms with Crippen LogP contribution in [0, 0.1) is 0 Å². The van der Waals surface area contributed by atoms with Crippen molar-refractivity contribution in [2.75, 3.05) is 29.6 Å². The average molecular weight is 327 g/mol. The molecule has 0 saturated carbocycles. The van der Waals surface area contributed by atoms with Gasteiger partial charge in [-0.2, -0.15) is 0 Å². The third-order valence-electron chi connectivity index (χ3n) is 3.46. The SMILES string of the molecule is CCOC(=O)N(c1ccc(OCC)cc1)C1CCS(=O)(=O)C1. The van der Waals surface area contributed by atoms with Gasteiger partial charge in [0.25, 0.3) is 0 Å². The number of carbonyl (C=O) groups excluding carboxylic acids is 1. The second-order valence-electron chi connectivity index (χ2n) is 5.05. The van der Waals surface area contributed by atoms with E-state index < -0.39 is 15.9 Å². The molecule has 2 rings (SSSR count). The van der Waals surface area contributed by atoms with Gasteiger partial charge in [-0.3, -0.25) is 4.90 Å². The summed E-state index contributed by atoms with van der Waals surface area (Å²) in [6.45, 7) is 4.41. The molecule has 1 unspecified atom stereocenters. The van der Waals surface area contributed by atoms with Crippen molar-refractivity contribution >= 4 is 21.6 Å². The summed E-state index contributed by atoms with van der Waals surface area (Å²) in [5, 5.41) is 0. The number of amides is 1. The van der Waals surface area contributed by atoms with Gasteiger partial charge in [0.1, 0.15) is 5.75 Å². The Labute approximate surface area is 130 Å². The van der Waals surface area contributed by atoms with Crippen LogP contribution in [-0.4, -0.2) is 45.3 Å². The Kier molecular flexibility index (Phi) is 5.28. The monoisotopic (exact) mass is 327 g/mol. The third kappa shape index (κ3) is 3.91. The van der Waals surface area contributed by atoms with Crippen molar-refractivity contribution in [3.8, 4) is 5.75 Å². The summed E-state index contributed by atoms with van der Waals surface area (Å²) in [4.78, 5) is 13.7. The van der Waals surface area contributed by atoms with Crippen LogP contribution in [0.2, 0.25) is 0 Å². The minimum atomic E-state index is -3.09. The molecule has 7 heteroatoms. The first-order chi connectivity index (χ1) is 10.5. The van der Waals surface area contributed by atoms with Crippen LogP contribution in [0.4, 0.5) is 10.5 Å². The van der Waals surface area contributed by atoms with Gasteiger partial charge >= 0.3 is 6.09 Å². The summed E-state index contributed by atoms with van der Waals surface area (Å²) in [5.74, 6) is 0.776. The molecule has 1 fully saturated rings. The molecule has 0 aliphatic carbocycles. The fourth-order valence-corrected chi connectivity index (χ4v) is 4.21. The Morgan fingerprint density at radius 1 is 1.23 bits per heavy atom. The van der Waals surface area contributed by atoms with Crippen LogP contribution in [-0.2, 0) is 14.6 Å². The number of hydrogen-bond donors (Lipinski definition) is 0. The second-order valence-corrected chi connectivity index (χ2v) is 7.28. The topological polar surface area (TPSA) is 72.9 Å². The highest BCUT2D eigenvalue weighted by Gasteiger charge is 2.36. The molecule has 1 amide bonds. The Morgan fingerprint density at radius 2 is 1.91 bits per heavy atom. The van der Waals surface area contributed by atoms with Gasteiger partial charge in [-0.15, -0.1) is 0 Å². The van der Waals surface area contributed by atoms with E-state index in [-0.39, 0.29) is 24.2 Å². The first-order valence-electron chi connectivity index (χ1n) is 7.36. The number of benzene rings is 1. The fourth-order valence-electron chi connectivity index (χ4n) is 2.51. The van der Waals surface area contributed by atoms with Gasteiger partial charge in [-0.25, -0.2) is 13.2 Å². The third-order valence-corrected chi connectivity index (χ3v) is 5.21. The molecular formula is C15H21NO5S. The highest BCUT2D eigenvalue weighted by Crippen LogP contribution is 2.27. The van der Waals surface area contributed by atoms with Gasteiger partial charge in [-0.1, -0.05) is 0 Å². The molecule has 0 bridgehead atoms. The average Bonchev–Trinajstić information content (AvgIpc) is 2.82. The number of ether oxygens (including phenoxy) is 2. The lowest BCUT2D eigenvalue weighted by atomic mass is 10.2. The maximum Gasteiger partial charge on any atom is 0.414 e. The molecule has 22 heavy (non-hydrogen) atoms. The number of anilines is 1. The van der Waals surface area contributed by atoms with E-state index in [2.05, 4.69) is 0 Å². The van der Waals surface area contributed by atoms with E-state index >= 15 is 0 Å². The Balaban J connectivity index is 2.26. The van der Waals surface area contributed by atoms with Crippen LogP contribution in [0.1, 0.15) is 20.3 Å². The largest absolute Gasteiger partial charge is 0.494 e. The minimum Gasteiger partial charge on any atom is -0.494 e. The Morgan fingerprint density at radius 3 is 2.41 bits per heavy atom. The second kappa shape index (κ2) is 7.00. The zero-order valence-electron chi connectivity index (χ0n) is 12.8. The van der Waals surface area contributed by atoms with Crippen molar-refractivity contribution in [1.29, 1.82) is 0 Å². The molecule has 1 heterocycles. The summed E-state index contributed by atoms with van der Waals surface area (Å²) in [5.41, 5.74) is 0.615. The number of rotatable bonds is 5. The van der Waals surface area contributed by atoms with E-state index in [0.29, 0.717) is 24.5 Å². The predicted molar refractivity (Wildman–Crippen MR) is 84.2 cm³/mol. The van der Waals surface area contributed by atoms with Gasteiger partial charge in [0, 0.05) is 5.69 Å². The first-order valence-corrected chi connectivity index (χ1v) is 9.18. The highest BCUT2D eigenvalue weighted by atomic mass is 32.2. The van der Waals surface area contributed by atoms with E-state index in [0.717, 1.165) is 0 Å². The maximum absolute atomic E-state index is 12.2. The van der Waals surface area contributed by atoms with E-state index in [9.17, 15) is 13.2 Å². The quantitative estimate of drug-likeness (QED) is 0.829. The number of hydrogen-bond acceptors (Lipinski definition) is 5.